The minimum absolute atomic E-state index is 0.183. The molecule has 6 heteroatoms. The highest BCUT2D eigenvalue weighted by Crippen LogP contribution is 2.34. The minimum Gasteiger partial charge on any atom is -0.479 e. The predicted octanol–water partition coefficient (Wildman–Crippen LogP) is 3.24. The Labute approximate surface area is 127 Å². The van der Waals surface area contributed by atoms with Gasteiger partial charge in [-0.25, -0.2) is 9.18 Å². The fourth-order valence-corrected chi connectivity index (χ4v) is 3.01. The second kappa shape index (κ2) is 6.02. The monoisotopic (exact) mass is 313 g/mol. The molecule has 0 aliphatic heterocycles. The molecule has 0 radical (unpaired) electrons. The average Bonchev–Trinajstić information content (AvgIpc) is 2.41. The van der Waals surface area contributed by atoms with Crippen LogP contribution in [0.2, 0.25) is 5.02 Å². The zero-order valence-electron chi connectivity index (χ0n) is 11.7. The number of halogens is 2. The smallest absolute Gasteiger partial charge is 0.329 e. The van der Waals surface area contributed by atoms with E-state index in [0.717, 1.165) is 25.3 Å². The lowest BCUT2D eigenvalue weighted by atomic mass is 9.73. The lowest BCUT2D eigenvalue weighted by Crippen LogP contribution is -2.60. The summed E-state index contributed by atoms with van der Waals surface area (Å²) in [6.07, 6.45) is 2.72. The maximum Gasteiger partial charge on any atom is 0.329 e. The van der Waals surface area contributed by atoms with E-state index in [1.807, 2.05) is 0 Å². The van der Waals surface area contributed by atoms with Crippen molar-refractivity contribution in [1.29, 1.82) is 0 Å². The molecule has 21 heavy (non-hydrogen) atoms. The van der Waals surface area contributed by atoms with Gasteiger partial charge in [-0.1, -0.05) is 31.4 Å². The van der Waals surface area contributed by atoms with Crippen LogP contribution in [0, 0.1) is 11.7 Å². The molecule has 0 spiro atoms. The Kier molecular flexibility index (Phi) is 4.52. The summed E-state index contributed by atoms with van der Waals surface area (Å²) < 4.78 is 13.8. The normalized spacial score (nSPS) is 25.4. The summed E-state index contributed by atoms with van der Waals surface area (Å²) in [6.45, 7) is 1.80. The van der Waals surface area contributed by atoms with Crippen LogP contribution < -0.4 is 5.32 Å². The summed E-state index contributed by atoms with van der Waals surface area (Å²) >= 11 is 5.65. The molecular weight excluding hydrogens is 297 g/mol. The number of carbonyl (C=O) groups is 2. The van der Waals surface area contributed by atoms with Crippen molar-refractivity contribution in [2.75, 3.05) is 0 Å². The molecule has 1 aromatic carbocycles. The highest BCUT2D eigenvalue weighted by Gasteiger charge is 2.46. The van der Waals surface area contributed by atoms with Gasteiger partial charge < -0.3 is 10.4 Å². The number of benzene rings is 1. The standard InChI is InChI=1S/C15H17ClFNO3/c1-9-4-2-3-7-15(9,14(20)21)18-13(19)11-6-5-10(16)8-12(11)17/h5-6,8-9H,2-4,7H2,1H3,(H,18,19)(H,20,21). The molecule has 0 aromatic heterocycles. The molecule has 2 atom stereocenters. The Balaban J connectivity index is 2.28. The largest absolute Gasteiger partial charge is 0.479 e. The Morgan fingerprint density at radius 1 is 1.43 bits per heavy atom. The molecule has 1 fully saturated rings. The maximum atomic E-state index is 13.8. The summed E-state index contributed by atoms with van der Waals surface area (Å²) in [4.78, 5) is 23.9. The van der Waals surface area contributed by atoms with E-state index in [0.29, 0.717) is 6.42 Å². The highest BCUT2D eigenvalue weighted by molar-refractivity contribution is 6.30. The summed E-state index contributed by atoms with van der Waals surface area (Å²) in [5, 5.41) is 12.3. The molecular formula is C15H17ClFNO3. The van der Waals surface area contributed by atoms with Gasteiger partial charge in [0.25, 0.3) is 5.91 Å². The van der Waals surface area contributed by atoms with E-state index < -0.39 is 23.2 Å². The topological polar surface area (TPSA) is 66.4 Å². The molecule has 1 saturated carbocycles. The first-order valence-corrected chi connectivity index (χ1v) is 7.25. The first-order chi connectivity index (χ1) is 9.86. The minimum atomic E-state index is -1.33. The summed E-state index contributed by atoms with van der Waals surface area (Å²) in [5.74, 6) is -2.76. The number of hydrogen-bond donors (Lipinski definition) is 2. The number of amides is 1. The van der Waals surface area contributed by atoms with Gasteiger partial charge in [-0.05, 0) is 37.0 Å². The molecule has 114 valence electrons. The van der Waals surface area contributed by atoms with Gasteiger partial charge in [-0.2, -0.15) is 0 Å². The SMILES string of the molecule is CC1CCCCC1(NC(=O)c1ccc(Cl)cc1F)C(=O)O. The van der Waals surface area contributed by atoms with Crippen molar-refractivity contribution in [1.82, 2.24) is 5.32 Å². The van der Waals surface area contributed by atoms with Gasteiger partial charge in [0.15, 0.2) is 0 Å². The second-order valence-electron chi connectivity index (χ2n) is 5.50. The van der Waals surface area contributed by atoms with Crippen LogP contribution in [0.25, 0.3) is 0 Å². The molecule has 2 rings (SSSR count). The van der Waals surface area contributed by atoms with Crippen LogP contribution in [0.15, 0.2) is 18.2 Å². The average molecular weight is 314 g/mol. The van der Waals surface area contributed by atoms with E-state index in [9.17, 15) is 19.1 Å². The Hall–Kier alpha value is -1.62. The molecule has 0 bridgehead atoms. The third-order valence-electron chi connectivity index (χ3n) is 4.19. The molecule has 4 nitrogen and oxygen atoms in total. The van der Waals surface area contributed by atoms with Crippen molar-refractivity contribution in [3.63, 3.8) is 0 Å². The van der Waals surface area contributed by atoms with Crippen molar-refractivity contribution in [2.45, 2.75) is 38.1 Å². The highest BCUT2D eigenvalue weighted by atomic mass is 35.5. The van der Waals surface area contributed by atoms with Crippen molar-refractivity contribution in [3.05, 3.63) is 34.6 Å². The quantitative estimate of drug-likeness (QED) is 0.900. The molecule has 2 unspecified atom stereocenters. The molecule has 0 heterocycles. The zero-order chi connectivity index (χ0) is 15.6. The first-order valence-electron chi connectivity index (χ1n) is 6.88. The van der Waals surface area contributed by atoms with Crippen molar-refractivity contribution < 1.29 is 19.1 Å². The van der Waals surface area contributed by atoms with Crippen molar-refractivity contribution in [2.24, 2.45) is 5.92 Å². The van der Waals surface area contributed by atoms with E-state index in [2.05, 4.69) is 5.32 Å². The third kappa shape index (κ3) is 3.02. The fraction of sp³-hybridized carbons (Fsp3) is 0.467. The molecule has 1 aliphatic rings. The van der Waals surface area contributed by atoms with Gasteiger partial charge in [0.05, 0.1) is 5.56 Å². The van der Waals surface area contributed by atoms with Crippen LogP contribution in [0.5, 0.6) is 0 Å². The number of nitrogens with one attached hydrogen (secondary N) is 1. The molecule has 1 aliphatic carbocycles. The second-order valence-corrected chi connectivity index (χ2v) is 5.94. The Bertz CT molecular complexity index is 578. The number of aliphatic carboxylic acids is 1. The number of hydrogen-bond acceptors (Lipinski definition) is 2. The van der Waals surface area contributed by atoms with Crippen LogP contribution in [-0.2, 0) is 4.79 Å². The van der Waals surface area contributed by atoms with Crippen LogP contribution >= 0.6 is 11.6 Å². The maximum absolute atomic E-state index is 13.8. The molecule has 0 saturated heterocycles. The van der Waals surface area contributed by atoms with E-state index >= 15 is 0 Å². The van der Waals surface area contributed by atoms with E-state index in [4.69, 9.17) is 11.6 Å². The van der Waals surface area contributed by atoms with Crippen LogP contribution in [0.1, 0.15) is 43.0 Å². The van der Waals surface area contributed by atoms with E-state index in [1.54, 1.807) is 6.92 Å². The van der Waals surface area contributed by atoms with Gasteiger partial charge in [0.1, 0.15) is 11.4 Å². The predicted molar refractivity (Wildman–Crippen MR) is 76.9 cm³/mol. The van der Waals surface area contributed by atoms with Crippen molar-refractivity contribution >= 4 is 23.5 Å². The summed E-state index contributed by atoms with van der Waals surface area (Å²) in [5.41, 5.74) is -1.53. The zero-order valence-corrected chi connectivity index (χ0v) is 12.4. The van der Waals surface area contributed by atoms with Crippen molar-refractivity contribution in [3.8, 4) is 0 Å². The third-order valence-corrected chi connectivity index (χ3v) is 4.43. The molecule has 1 aromatic rings. The number of carbonyl (C=O) groups excluding carboxylic acids is 1. The Morgan fingerprint density at radius 3 is 2.71 bits per heavy atom. The summed E-state index contributed by atoms with van der Waals surface area (Å²) in [6, 6.07) is 3.70. The van der Waals surface area contributed by atoms with Crippen LogP contribution in [-0.4, -0.2) is 22.5 Å². The Morgan fingerprint density at radius 2 is 2.14 bits per heavy atom. The van der Waals surface area contributed by atoms with E-state index in [-0.39, 0.29) is 16.5 Å². The molecule has 1 amide bonds. The first kappa shape index (κ1) is 15.8. The lowest BCUT2D eigenvalue weighted by Gasteiger charge is -2.39. The summed E-state index contributed by atoms with van der Waals surface area (Å²) in [7, 11) is 0. The number of carboxylic acid groups (broad SMARTS) is 1. The number of rotatable bonds is 3. The number of carboxylic acids is 1. The lowest BCUT2D eigenvalue weighted by molar-refractivity contribution is -0.148. The van der Waals surface area contributed by atoms with E-state index in [1.165, 1.54) is 12.1 Å². The van der Waals surface area contributed by atoms with Gasteiger partial charge >= 0.3 is 5.97 Å². The van der Waals surface area contributed by atoms with Crippen LogP contribution in [0.4, 0.5) is 4.39 Å². The van der Waals surface area contributed by atoms with Gasteiger partial charge in [0, 0.05) is 5.02 Å². The fourth-order valence-electron chi connectivity index (χ4n) is 2.85. The van der Waals surface area contributed by atoms with Gasteiger partial charge in [-0.15, -0.1) is 0 Å². The molecule has 2 N–H and O–H groups in total. The van der Waals surface area contributed by atoms with Gasteiger partial charge in [-0.3, -0.25) is 4.79 Å². The van der Waals surface area contributed by atoms with Gasteiger partial charge in [0.2, 0.25) is 0 Å². The van der Waals surface area contributed by atoms with Crippen LogP contribution in [0.3, 0.4) is 0 Å².